The number of methoxy groups -OCH3 is 1. The highest BCUT2D eigenvalue weighted by molar-refractivity contribution is 9.10. The van der Waals surface area contributed by atoms with E-state index in [0.29, 0.717) is 12.1 Å². The number of nitrogens with one attached hydrogen (secondary N) is 1. The maximum atomic E-state index is 12.6. The van der Waals surface area contributed by atoms with Crippen LogP contribution in [0.1, 0.15) is 50.1 Å². The second-order valence-corrected chi connectivity index (χ2v) is 8.71. The first-order valence-electron chi connectivity index (χ1n) is 9.74. The number of H-pyrrole nitrogens is 1. The zero-order chi connectivity index (χ0) is 18.3. The molecular formula is C20H28BrN3O2. The zero-order valence-electron chi connectivity index (χ0n) is 15.6. The Kier molecular flexibility index (Phi) is 5.26. The van der Waals surface area contributed by atoms with Crippen LogP contribution in [0.15, 0.2) is 21.4 Å². The Bertz CT molecular complexity index is 827. The van der Waals surface area contributed by atoms with Crippen molar-refractivity contribution in [2.45, 2.75) is 63.6 Å². The van der Waals surface area contributed by atoms with Gasteiger partial charge < -0.3 is 14.6 Å². The fourth-order valence-electron chi connectivity index (χ4n) is 4.77. The van der Waals surface area contributed by atoms with Crippen LogP contribution >= 0.6 is 15.9 Å². The van der Waals surface area contributed by atoms with E-state index in [0.717, 1.165) is 47.0 Å². The van der Waals surface area contributed by atoms with Crippen LogP contribution in [0.25, 0.3) is 11.0 Å². The van der Waals surface area contributed by atoms with Crippen LogP contribution in [-0.2, 0) is 4.74 Å². The summed E-state index contributed by atoms with van der Waals surface area (Å²) < 4.78 is 8.55. The SMILES string of the molecule is CO[C@H]1CC[C@H](N2CCC(n3c(=O)[nH]c4cc(C)c(Br)cc43)CC2)CC1. The third-order valence-corrected chi connectivity index (χ3v) is 7.21. The van der Waals surface area contributed by atoms with Crippen molar-refractivity contribution >= 4 is 27.0 Å². The second-order valence-electron chi connectivity index (χ2n) is 7.85. The van der Waals surface area contributed by atoms with Crippen LogP contribution in [0.3, 0.4) is 0 Å². The van der Waals surface area contributed by atoms with E-state index < -0.39 is 0 Å². The number of benzene rings is 1. The van der Waals surface area contributed by atoms with Gasteiger partial charge in [0.1, 0.15) is 0 Å². The van der Waals surface area contributed by atoms with Crippen LogP contribution in [0, 0.1) is 6.92 Å². The summed E-state index contributed by atoms with van der Waals surface area (Å²) in [5, 5.41) is 0. The number of likely N-dealkylation sites (tertiary alicyclic amines) is 1. The summed E-state index contributed by atoms with van der Waals surface area (Å²) in [5.74, 6) is 0. The monoisotopic (exact) mass is 421 g/mol. The summed E-state index contributed by atoms with van der Waals surface area (Å²) >= 11 is 3.61. The molecule has 1 aliphatic carbocycles. The maximum Gasteiger partial charge on any atom is 0.326 e. The van der Waals surface area contributed by atoms with E-state index in [1.807, 2.05) is 11.7 Å². The molecule has 1 aromatic heterocycles. The Morgan fingerprint density at radius 2 is 1.77 bits per heavy atom. The molecule has 2 heterocycles. The molecule has 1 aliphatic heterocycles. The molecule has 142 valence electrons. The van der Waals surface area contributed by atoms with Gasteiger partial charge in [-0.05, 0) is 63.1 Å². The topological polar surface area (TPSA) is 50.3 Å². The Labute approximate surface area is 162 Å². The lowest BCUT2D eigenvalue weighted by Crippen LogP contribution is -2.45. The normalized spacial score (nSPS) is 25.8. The van der Waals surface area contributed by atoms with E-state index in [1.54, 1.807) is 0 Å². The number of piperidine rings is 1. The fourth-order valence-corrected chi connectivity index (χ4v) is 5.10. The highest BCUT2D eigenvalue weighted by Crippen LogP contribution is 2.31. The molecule has 2 fully saturated rings. The summed E-state index contributed by atoms with van der Waals surface area (Å²) in [6.07, 6.45) is 7.37. The van der Waals surface area contributed by atoms with Gasteiger partial charge in [-0.2, -0.15) is 0 Å². The van der Waals surface area contributed by atoms with Gasteiger partial charge >= 0.3 is 5.69 Å². The minimum absolute atomic E-state index is 0.0246. The Morgan fingerprint density at radius 3 is 2.42 bits per heavy atom. The number of fused-ring (bicyclic) bond motifs is 1. The van der Waals surface area contributed by atoms with E-state index in [1.165, 1.54) is 25.7 Å². The lowest BCUT2D eigenvalue weighted by atomic mass is 9.90. The second kappa shape index (κ2) is 7.49. The van der Waals surface area contributed by atoms with Crippen molar-refractivity contribution in [2.24, 2.45) is 0 Å². The van der Waals surface area contributed by atoms with E-state index in [2.05, 4.69) is 44.9 Å². The van der Waals surface area contributed by atoms with Crippen molar-refractivity contribution < 1.29 is 4.74 Å². The minimum Gasteiger partial charge on any atom is -0.381 e. The number of ether oxygens (including phenoxy) is 1. The molecule has 5 nitrogen and oxygen atoms in total. The van der Waals surface area contributed by atoms with Gasteiger partial charge in [0.15, 0.2) is 0 Å². The summed E-state index contributed by atoms with van der Waals surface area (Å²) in [4.78, 5) is 18.3. The third kappa shape index (κ3) is 3.39. The smallest absolute Gasteiger partial charge is 0.326 e. The molecule has 0 bridgehead atoms. The molecule has 1 aromatic carbocycles. The largest absolute Gasteiger partial charge is 0.381 e. The van der Waals surface area contributed by atoms with E-state index >= 15 is 0 Å². The average molecular weight is 422 g/mol. The van der Waals surface area contributed by atoms with Gasteiger partial charge in [-0.1, -0.05) is 15.9 Å². The molecule has 0 spiro atoms. The van der Waals surface area contributed by atoms with Gasteiger partial charge in [0, 0.05) is 36.8 Å². The van der Waals surface area contributed by atoms with Crippen molar-refractivity contribution in [1.29, 1.82) is 0 Å². The van der Waals surface area contributed by atoms with Crippen LogP contribution in [0.4, 0.5) is 0 Å². The Morgan fingerprint density at radius 1 is 1.08 bits per heavy atom. The number of hydrogen-bond acceptors (Lipinski definition) is 3. The molecule has 1 N–H and O–H groups in total. The van der Waals surface area contributed by atoms with E-state index in [-0.39, 0.29) is 11.7 Å². The summed E-state index contributed by atoms with van der Waals surface area (Å²) in [5.41, 5.74) is 3.13. The number of halogens is 1. The first-order chi connectivity index (χ1) is 12.6. The minimum atomic E-state index is 0.0246. The van der Waals surface area contributed by atoms with E-state index in [4.69, 9.17) is 4.74 Å². The molecule has 0 amide bonds. The molecule has 0 atom stereocenters. The van der Waals surface area contributed by atoms with Gasteiger partial charge in [-0.3, -0.25) is 4.57 Å². The molecule has 26 heavy (non-hydrogen) atoms. The molecular weight excluding hydrogens is 394 g/mol. The Hall–Kier alpha value is -1.11. The average Bonchev–Trinajstić information content (AvgIpc) is 2.97. The van der Waals surface area contributed by atoms with Gasteiger partial charge in [0.05, 0.1) is 17.1 Å². The van der Waals surface area contributed by atoms with Crippen LogP contribution < -0.4 is 5.69 Å². The lowest BCUT2D eigenvalue weighted by molar-refractivity contribution is 0.0296. The number of aromatic amines is 1. The molecule has 2 aromatic rings. The molecule has 4 rings (SSSR count). The molecule has 2 aliphatic rings. The molecule has 0 radical (unpaired) electrons. The van der Waals surface area contributed by atoms with Crippen molar-refractivity contribution in [2.75, 3.05) is 20.2 Å². The first-order valence-corrected chi connectivity index (χ1v) is 10.5. The predicted octanol–water partition coefficient (Wildman–Crippen LogP) is 4.00. The highest BCUT2D eigenvalue weighted by atomic mass is 79.9. The van der Waals surface area contributed by atoms with Gasteiger partial charge in [-0.15, -0.1) is 0 Å². The van der Waals surface area contributed by atoms with Gasteiger partial charge in [0.25, 0.3) is 0 Å². The number of imidazole rings is 1. The molecule has 1 saturated carbocycles. The van der Waals surface area contributed by atoms with Crippen LogP contribution in [0.2, 0.25) is 0 Å². The fraction of sp³-hybridized carbons (Fsp3) is 0.650. The number of rotatable bonds is 3. The van der Waals surface area contributed by atoms with Crippen LogP contribution in [-0.4, -0.2) is 46.8 Å². The van der Waals surface area contributed by atoms with Gasteiger partial charge in [-0.25, -0.2) is 4.79 Å². The molecule has 1 saturated heterocycles. The molecule has 6 heteroatoms. The molecule has 0 unspecified atom stereocenters. The van der Waals surface area contributed by atoms with E-state index in [9.17, 15) is 4.79 Å². The number of nitrogens with zero attached hydrogens (tertiary/aromatic N) is 2. The van der Waals surface area contributed by atoms with Crippen molar-refractivity contribution in [1.82, 2.24) is 14.5 Å². The van der Waals surface area contributed by atoms with Crippen molar-refractivity contribution in [3.8, 4) is 0 Å². The lowest BCUT2D eigenvalue weighted by Gasteiger charge is -2.40. The Balaban J connectivity index is 1.47. The predicted molar refractivity (Wildman–Crippen MR) is 108 cm³/mol. The summed E-state index contributed by atoms with van der Waals surface area (Å²) in [6.45, 7) is 4.22. The summed E-state index contributed by atoms with van der Waals surface area (Å²) in [6, 6.07) is 5.12. The quantitative estimate of drug-likeness (QED) is 0.814. The standard InChI is InChI=1S/C20H28BrN3O2/c1-13-11-18-19(12-17(13)21)24(20(25)22-18)15-7-9-23(10-8-15)14-3-5-16(26-2)6-4-14/h11-12,14-16H,3-10H2,1-2H3,(H,22,25)/t14-,16-. The third-order valence-electron chi connectivity index (χ3n) is 6.35. The van der Waals surface area contributed by atoms with Crippen LogP contribution in [0.5, 0.6) is 0 Å². The summed E-state index contributed by atoms with van der Waals surface area (Å²) in [7, 11) is 1.83. The van der Waals surface area contributed by atoms with Gasteiger partial charge in [0.2, 0.25) is 0 Å². The van der Waals surface area contributed by atoms with Crippen molar-refractivity contribution in [3.05, 3.63) is 32.7 Å². The zero-order valence-corrected chi connectivity index (χ0v) is 17.2. The van der Waals surface area contributed by atoms with Crippen molar-refractivity contribution in [3.63, 3.8) is 0 Å². The first kappa shape index (κ1) is 18.3. The number of aromatic nitrogens is 2. The number of hydrogen-bond donors (Lipinski definition) is 1. The highest BCUT2D eigenvalue weighted by Gasteiger charge is 2.30. The number of aryl methyl sites for hydroxylation is 1. The maximum absolute atomic E-state index is 12.6.